The topological polar surface area (TPSA) is 53.2 Å². The molecular formula is C15H17ClN2O2. The molecule has 2 aromatic rings. The lowest BCUT2D eigenvalue weighted by Gasteiger charge is -2.21. The third-order valence-corrected chi connectivity index (χ3v) is 3.39. The third-order valence-electron chi connectivity index (χ3n) is 3.16. The fraction of sp³-hybridized carbons (Fsp3) is 0.333. The molecule has 0 aliphatic heterocycles. The molecule has 0 spiro atoms. The Balaban J connectivity index is 2.41. The Kier molecular flexibility index (Phi) is 4.79. The molecule has 20 heavy (non-hydrogen) atoms. The number of nitrogens with zero attached hydrogens (tertiary/aromatic N) is 1. The highest BCUT2D eigenvalue weighted by molar-refractivity contribution is 6.27. The number of fused-ring (bicyclic) bond motifs is 1. The summed E-state index contributed by atoms with van der Waals surface area (Å²) in [5.74, 6) is -0.154. The van der Waals surface area contributed by atoms with Crippen molar-refractivity contribution in [3.05, 3.63) is 46.2 Å². The maximum Gasteiger partial charge on any atom is 0.248 e. The summed E-state index contributed by atoms with van der Waals surface area (Å²) in [5, 5.41) is 0.954. The number of H-pyrrole nitrogens is 1. The van der Waals surface area contributed by atoms with Gasteiger partial charge in [0.05, 0.1) is 0 Å². The van der Waals surface area contributed by atoms with Crippen LogP contribution in [-0.2, 0) is 11.3 Å². The van der Waals surface area contributed by atoms with E-state index in [4.69, 9.17) is 11.6 Å². The summed E-state index contributed by atoms with van der Waals surface area (Å²) in [5.41, 5.74) is 1.47. The van der Waals surface area contributed by atoms with E-state index in [1.807, 2.05) is 31.2 Å². The van der Waals surface area contributed by atoms with Gasteiger partial charge in [-0.3, -0.25) is 9.59 Å². The molecule has 0 fully saturated rings. The van der Waals surface area contributed by atoms with E-state index in [0.717, 1.165) is 22.9 Å². The van der Waals surface area contributed by atoms with Crippen LogP contribution in [0.5, 0.6) is 0 Å². The first-order chi connectivity index (χ1) is 9.65. The minimum Gasteiger partial charge on any atom is -0.337 e. The standard InChI is InChI=1S/C15H17ClN2O2/c1-2-7-18(15(20)9-16)10-11-8-14(19)17-13-6-4-3-5-12(11)13/h3-6,8H,2,7,9-10H2,1H3,(H,17,19). The smallest absolute Gasteiger partial charge is 0.248 e. The molecule has 0 saturated heterocycles. The molecule has 1 heterocycles. The number of alkyl halides is 1. The van der Waals surface area contributed by atoms with Crippen LogP contribution in [0.3, 0.4) is 0 Å². The number of rotatable bonds is 5. The summed E-state index contributed by atoms with van der Waals surface area (Å²) in [6.07, 6.45) is 0.851. The molecule has 2 rings (SSSR count). The first-order valence-corrected chi connectivity index (χ1v) is 7.14. The average Bonchev–Trinajstić information content (AvgIpc) is 2.45. The van der Waals surface area contributed by atoms with Crippen molar-refractivity contribution in [3.63, 3.8) is 0 Å². The van der Waals surface area contributed by atoms with Crippen LogP contribution in [0.25, 0.3) is 10.9 Å². The first-order valence-electron chi connectivity index (χ1n) is 6.60. The number of carbonyl (C=O) groups excluding carboxylic acids is 1. The monoisotopic (exact) mass is 292 g/mol. The number of nitrogens with one attached hydrogen (secondary N) is 1. The van der Waals surface area contributed by atoms with E-state index in [0.29, 0.717) is 13.1 Å². The van der Waals surface area contributed by atoms with E-state index in [9.17, 15) is 9.59 Å². The molecule has 1 N–H and O–H groups in total. The summed E-state index contributed by atoms with van der Waals surface area (Å²) in [6.45, 7) is 3.04. The van der Waals surface area contributed by atoms with Crippen molar-refractivity contribution in [1.29, 1.82) is 0 Å². The minimum absolute atomic E-state index is 0.0406. The number of halogens is 1. The van der Waals surface area contributed by atoms with Gasteiger partial charge < -0.3 is 9.88 Å². The number of aromatic amines is 1. The zero-order valence-corrected chi connectivity index (χ0v) is 12.1. The molecule has 4 nitrogen and oxygen atoms in total. The van der Waals surface area contributed by atoms with E-state index in [1.165, 1.54) is 0 Å². The van der Waals surface area contributed by atoms with Crippen molar-refractivity contribution in [3.8, 4) is 0 Å². The summed E-state index contributed by atoms with van der Waals surface area (Å²) in [6, 6.07) is 9.13. The molecular weight excluding hydrogens is 276 g/mol. The Labute approximate surface area is 122 Å². The normalized spacial score (nSPS) is 10.7. The predicted molar refractivity (Wildman–Crippen MR) is 81.0 cm³/mol. The summed E-state index contributed by atoms with van der Waals surface area (Å²) < 4.78 is 0. The van der Waals surface area contributed by atoms with Gasteiger partial charge in [-0.15, -0.1) is 11.6 Å². The van der Waals surface area contributed by atoms with Crippen molar-refractivity contribution in [2.45, 2.75) is 19.9 Å². The van der Waals surface area contributed by atoms with Crippen LogP contribution in [0.1, 0.15) is 18.9 Å². The Morgan fingerprint density at radius 2 is 2.10 bits per heavy atom. The number of carbonyl (C=O) groups is 1. The quantitative estimate of drug-likeness (QED) is 0.861. The lowest BCUT2D eigenvalue weighted by Crippen LogP contribution is -2.32. The lowest BCUT2D eigenvalue weighted by atomic mass is 10.1. The van der Waals surface area contributed by atoms with Gasteiger partial charge in [-0.05, 0) is 18.1 Å². The zero-order valence-electron chi connectivity index (χ0n) is 11.4. The molecule has 1 aromatic carbocycles. The third kappa shape index (κ3) is 3.20. The van der Waals surface area contributed by atoms with Crippen LogP contribution in [0.15, 0.2) is 35.1 Å². The van der Waals surface area contributed by atoms with Crippen LogP contribution >= 0.6 is 11.6 Å². The van der Waals surface area contributed by atoms with Gasteiger partial charge in [0.15, 0.2) is 0 Å². The molecule has 0 unspecified atom stereocenters. The summed E-state index contributed by atoms with van der Waals surface area (Å²) >= 11 is 5.64. The molecule has 0 bridgehead atoms. The maximum absolute atomic E-state index is 11.8. The Bertz CT molecular complexity index is 666. The summed E-state index contributed by atoms with van der Waals surface area (Å²) in [7, 11) is 0. The van der Waals surface area contributed by atoms with E-state index < -0.39 is 0 Å². The highest BCUT2D eigenvalue weighted by Gasteiger charge is 2.14. The molecule has 5 heteroatoms. The number of pyridine rings is 1. The van der Waals surface area contributed by atoms with Crippen molar-refractivity contribution < 1.29 is 4.79 Å². The Morgan fingerprint density at radius 1 is 1.35 bits per heavy atom. The highest BCUT2D eigenvalue weighted by atomic mass is 35.5. The van der Waals surface area contributed by atoms with Gasteiger partial charge in [0.1, 0.15) is 5.88 Å². The largest absolute Gasteiger partial charge is 0.337 e. The predicted octanol–water partition coefficient (Wildman–Crippen LogP) is 2.51. The molecule has 0 aliphatic carbocycles. The van der Waals surface area contributed by atoms with Gasteiger partial charge in [-0.25, -0.2) is 0 Å². The SMILES string of the molecule is CCCN(Cc1cc(=O)[nH]c2ccccc12)C(=O)CCl. The van der Waals surface area contributed by atoms with Gasteiger partial charge in [-0.2, -0.15) is 0 Å². The van der Waals surface area contributed by atoms with Crippen LogP contribution < -0.4 is 5.56 Å². The second-order valence-corrected chi connectivity index (χ2v) is 4.92. The Hall–Kier alpha value is -1.81. The molecule has 0 aliphatic rings. The molecule has 106 valence electrons. The fourth-order valence-electron chi connectivity index (χ4n) is 2.26. The summed E-state index contributed by atoms with van der Waals surface area (Å²) in [4.78, 5) is 28.0. The van der Waals surface area contributed by atoms with E-state index in [1.54, 1.807) is 11.0 Å². The number of para-hydroxylation sites is 1. The van der Waals surface area contributed by atoms with E-state index in [-0.39, 0.29) is 17.3 Å². The van der Waals surface area contributed by atoms with Crippen molar-refractivity contribution >= 4 is 28.4 Å². The molecule has 0 saturated carbocycles. The first kappa shape index (κ1) is 14.6. The van der Waals surface area contributed by atoms with E-state index >= 15 is 0 Å². The molecule has 1 aromatic heterocycles. The minimum atomic E-state index is -0.159. The van der Waals surface area contributed by atoms with Gasteiger partial charge in [0.2, 0.25) is 11.5 Å². The second kappa shape index (κ2) is 6.57. The van der Waals surface area contributed by atoms with Crippen molar-refractivity contribution in [2.24, 2.45) is 0 Å². The van der Waals surface area contributed by atoms with Crippen LogP contribution in [0.4, 0.5) is 0 Å². The number of hydrogen-bond donors (Lipinski definition) is 1. The average molecular weight is 293 g/mol. The highest BCUT2D eigenvalue weighted by Crippen LogP contribution is 2.16. The molecule has 1 amide bonds. The lowest BCUT2D eigenvalue weighted by molar-refractivity contribution is -0.129. The Morgan fingerprint density at radius 3 is 2.80 bits per heavy atom. The van der Waals surface area contributed by atoms with Gasteiger partial charge in [0.25, 0.3) is 0 Å². The van der Waals surface area contributed by atoms with Crippen LogP contribution in [-0.4, -0.2) is 28.2 Å². The second-order valence-electron chi connectivity index (χ2n) is 4.65. The van der Waals surface area contributed by atoms with Gasteiger partial charge in [0, 0.05) is 30.1 Å². The van der Waals surface area contributed by atoms with Crippen LogP contribution in [0.2, 0.25) is 0 Å². The number of benzene rings is 1. The zero-order chi connectivity index (χ0) is 14.5. The maximum atomic E-state index is 11.8. The van der Waals surface area contributed by atoms with Crippen molar-refractivity contribution in [1.82, 2.24) is 9.88 Å². The van der Waals surface area contributed by atoms with Gasteiger partial charge in [-0.1, -0.05) is 25.1 Å². The molecule has 0 atom stereocenters. The van der Waals surface area contributed by atoms with Crippen LogP contribution in [0, 0.1) is 0 Å². The molecule has 0 radical (unpaired) electrons. The van der Waals surface area contributed by atoms with E-state index in [2.05, 4.69) is 4.98 Å². The van der Waals surface area contributed by atoms with Gasteiger partial charge >= 0.3 is 0 Å². The fourth-order valence-corrected chi connectivity index (χ4v) is 2.43. The van der Waals surface area contributed by atoms with Crippen molar-refractivity contribution in [2.75, 3.05) is 12.4 Å². The number of amides is 1. The number of aromatic nitrogens is 1. The number of hydrogen-bond acceptors (Lipinski definition) is 2.